The molecule has 1 saturated carbocycles. The van der Waals surface area contributed by atoms with Gasteiger partial charge in [0.1, 0.15) is 5.78 Å². The lowest BCUT2D eigenvalue weighted by Gasteiger charge is -2.26. The summed E-state index contributed by atoms with van der Waals surface area (Å²) in [6.07, 6.45) is 7.58. The highest BCUT2D eigenvalue weighted by Crippen LogP contribution is 2.42. The van der Waals surface area contributed by atoms with Crippen LogP contribution in [0.15, 0.2) is 12.2 Å². The fourth-order valence-electron chi connectivity index (χ4n) is 2.04. The van der Waals surface area contributed by atoms with Crippen molar-refractivity contribution >= 4 is 5.78 Å². The van der Waals surface area contributed by atoms with Gasteiger partial charge in [0, 0.05) is 11.3 Å². The molecular formula is C9H12O. The second-order valence-corrected chi connectivity index (χ2v) is 3.64. The molecule has 2 bridgehead atoms. The smallest absolute Gasteiger partial charge is 0.149 e. The van der Waals surface area contributed by atoms with Crippen LogP contribution in [-0.4, -0.2) is 5.78 Å². The Balaban J connectivity index is 2.37. The summed E-state index contributed by atoms with van der Waals surface area (Å²) in [5, 5.41) is 0. The van der Waals surface area contributed by atoms with Gasteiger partial charge in [-0.05, 0) is 19.8 Å². The number of rotatable bonds is 0. The SMILES string of the molecule is CC12C=CC(CCC1)C2=O. The van der Waals surface area contributed by atoms with Crippen molar-refractivity contribution in [2.45, 2.75) is 26.2 Å². The highest BCUT2D eigenvalue weighted by atomic mass is 16.1. The monoisotopic (exact) mass is 136 g/mol. The van der Waals surface area contributed by atoms with E-state index in [1.165, 1.54) is 6.42 Å². The van der Waals surface area contributed by atoms with E-state index in [-0.39, 0.29) is 11.3 Å². The molecule has 1 fully saturated rings. The third kappa shape index (κ3) is 0.606. The molecule has 0 heterocycles. The summed E-state index contributed by atoms with van der Waals surface area (Å²) < 4.78 is 0. The molecule has 54 valence electrons. The summed E-state index contributed by atoms with van der Waals surface area (Å²) in [6.45, 7) is 2.06. The summed E-state index contributed by atoms with van der Waals surface area (Å²) in [5.41, 5.74) is -0.0666. The van der Waals surface area contributed by atoms with E-state index >= 15 is 0 Å². The molecule has 1 nitrogen and oxygen atoms in total. The third-order valence-electron chi connectivity index (χ3n) is 2.81. The largest absolute Gasteiger partial charge is 0.298 e. The zero-order valence-electron chi connectivity index (χ0n) is 6.26. The average Bonchev–Trinajstić information content (AvgIpc) is 2.18. The van der Waals surface area contributed by atoms with E-state index < -0.39 is 0 Å². The van der Waals surface area contributed by atoms with Crippen molar-refractivity contribution in [1.29, 1.82) is 0 Å². The normalized spacial score (nSPS) is 44.5. The summed E-state index contributed by atoms with van der Waals surface area (Å²) >= 11 is 0. The highest BCUT2D eigenvalue weighted by Gasteiger charge is 2.42. The van der Waals surface area contributed by atoms with Gasteiger partial charge in [0.25, 0.3) is 0 Å². The Morgan fingerprint density at radius 1 is 1.70 bits per heavy atom. The van der Waals surface area contributed by atoms with E-state index in [0.29, 0.717) is 5.78 Å². The minimum Gasteiger partial charge on any atom is -0.298 e. The second kappa shape index (κ2) is 1.71. The maximum Gasteiger partial charge on any atom is 0.149 e. The average molecular weight is 136 g/mol. The van der Waals surface area contributed by atoms with Gasteiger partial charge in [-0.1, -0.05) is 18.6 Å². The predicted octanol–water partition coefficient (Wildman–Crippen LogP) is 1.93. The van der Waals surface area contributed by atoms with E-state index in [2.05, 4.69) is 19.1 Å². The Labute approximate surface area is 61.1 Å². The molecule has 0 aromatic carbocycles. The molecule has 2 aliphatic carbocycles. The first kappa shape index (κ1) is 6.14. The number of ketones is 1. The standard InChI is InChI=1S/C9H12O/c1-9-5-2-3-7(4-6-9)8(9)10/h4,6-7H,2-3,5H2,1H3. The first-order valence-electron chi connectivity index (χ1n) is 3.96. The zero-order valence-corrected chi connectivity index (χ0v) is 6.26. The van der Waals surface area contributed by atoms with Gasteiger partial charge in [0.15, 0.2) is 0 Å². The number of carbonyl (C=O) groups is 1. The second-order valence-electron chi connectivity index (χ2n) is 3.64. The van der Waals surface area contributed by atoms with Crippen LogP contribution in [0.5, 0.6) is 0 Å². The summed E-state index contributed by atoms with van der Waals surface area (Å²) in [7, 11) is 0. The van der Waals surface area contributed by atoms with Crippen LogP contribution in [0, 0.1) is 11.3 Å². The molecule has 0 aromatic heterocycles. The van der Waals surface area contributed by atoms with Crippen LogP contribution in [0.4, 0.5) is 0 Å². The molecule has 10 heavy (non-hydrogen) atoms. The number of fused-ring (bicyclic) bond motifs is 2. The van der Waals surface area contributed by atoms with E-state index in [4.69, 9.17) is 0 Å². The van der Waals surface area contributed by atoms with Crippen LogP contribution >= 0.6 is 0 Å². The molecule has 1 heteroatoms. The Bertz CT molecular complexity index is 205. The molecule has 0 aliphatic heterocycles. The molecule has 0 spiro atoms. The molecular weight excluding hydrogens is 124 g/mol. The van der Waals surface area contributed by atoms with Crippen LogP contribution in [0.25, 0.3) is 0 Å². The number of Topliss-reactive ketones (excluding diaryl/α,β-unsaturated/α-hetero) is 1. The Kier molecular flexibility index (Phi) is 1.05. The number of allylic oxidation sites excluding steroid dienone is 2. The lowest BCUT2D eigenvalue weighted by Crippen LogP contribution is -2.30. The van der Waals surface area contributed by atoms with Gasteiger partial charge < -0.3 is 0 Å². The Morgan fingerprint density at radius 2 is 2.50 bits per heavy atom. The first-order valence-corrected chi connectivity index (χ1v) is 3.96. The van der Waals surface area contributed by atoms with Crippen molar-refractivity contribution in [2.75, 3.05) is 0 Å². The molecule has 0 radical (unpaired) electrons. The summed E-state index contributed by atoms with van der Waals surface area (Å²) in [4.78, 5) is 11.4. The summed E-state index contributed by atoms with van der Waals surface area (Å²) in [5.74, 6) is 0.734. The van der Waals surface area contributed by atoms with E-state index in [0.717, 1.165) is 12.8 Å². The molecule has 2 unspecified atom stereocenters. The lowest BCUT2D eigenvalue weighted by atomic mass is 9.75. The van der Waals surface area contributed by atoms with Crippen LogP contribution < -0.4 is 0 Å². The van der Waals surface area contributed by atoms with Gasteiger partial charge in [0.2, 0.25) is 0 Å². The van der Waals surface area contributed by atoms with Crippen molar-refractivity contribution in [2.24, 2.45) is 11.3 Å². The van der Waals surface area contributed by atoms with Gasteiger partial charge in [-0.15, -0.1) is 0 Å². The fraction of sp³-hybridized carbons (Fsp3) is 0.667. The molecule has 0 N–H and O–H groups in total. The van der Waals surface area contributed by atoms with Crippen molar-refractivity contribution in [3.05, 3.63) is 12.2 Å². The van der Waals surface area contributed by atoms with Gasteiger partial charge in [-0.3, -0.25) is 4.79 Å². The lowest BCUT2D eigenvalue weighted by molar-refractivity contribution is -0.129. The van der Waals surface area contributed by atoms with Crippen molar-refractivity contribution in [3.63, 3.8) is 0 Å². The molecule has 2 aliphatic rings. The van der Waals surface area contributed by atoms with Crippen LogP contribution in [0.2, 0.25) is 0 Å². The Morgan fingerprint density at radius 3 is 3.10 bits per heavy atom. The molecule has 0 amide bonds. The number of hydrogen-bond acceptors (Lipinski definition) is 1. The van der Waals surface area contributed by atoms with Crippen molar-refractivity contribution in [1.82, 2.24) is 0 Å². The van der Waals surface area contributed by atoms with Crippen LogP contribution in [0.3, 0.4) is 0 Å². The molecule has 0 saturated heterocycles. The van der Waals surface area contributed by atoms with Gasteiger partial charge in [-0.2, -0.15) is 0 Å². The van der Waals surface area contributed by atoms with E-state index in [1.807, 2.05) is 0 Å². The van der Waals surface area contributed by atoms with E-state index in [9.17, 15) is 4.79 Å². The maximum atomic E-state index is 11.4. The highest BCUT2D eigenvalue weighted by molar-refractivity contribution is 5.93. The van der Waals surface area contributed by atoms with Gasteiger partial charge >= 0.3 is 0 Å². The number of hydrogen-bond donors (Lipinski definition) is 0. The minimum atomic E-state index is -0.0666. The maximum absolute atomic E-state index is 11.4. The number of carbonyl (C=O) groups excluding carboxylic acids is 1. The fourth-order valence-corrected chi connectivity index (χ4v) is 2.04. The first-order chi connectivity index (χ1) is 4.72. The summed E-state index contributed by atoms with van der Waals surface area (Å²) in [6, 6.07) is 0. The minimum absolute atomic E-state index is 0.0666. The van der Waals surface area contributed by atoms with Gasteiger partial charge in [-0.25, -0.2) is 0 Å². The van der Waals surface area contributed by atoms with Crippen LogP contribution in [-0.2, 0) is 4.79 Å². The van der Waals surface area contributed by atoms with E-state index in [1.54, 1.807) is 0 Å². The van der Waals surface area contributed by atoms with Crippen molar-refractivity contribution < 1.29 is 4.79 Å². The molecule has 0 aromatic rings. The van der Waals surface area contributed by atoms with Crippen molar-refractivity contribution in [3.8, 4) is 0 Å². The predicted molar refractivity (Wildman–Crippen MR) is 39.6 cm³/mol. The topological polar surface area (TPSA) is 17.1 Å². The molecule has 2 rings (SSSR count). The molecule has 2 atom stereocenters. The zero-order chi connectivity index (χ0) is 7.19. The van der Waals surface area contributed by atoms with Crippen LogP contribution in [0.1, 0.15) is 26.2 Å². The van der Waals surface area contributed by atoms with Gasteiger partial charge in [0.05, 0.1) is 0 Å². The Hall–Kier alpha value is -0.590. The third-order valence-corrected chi connectivity index (χ3v) is 2.81. The quantitative estimate of drug-likeness (QED) is 0.465.